The third kappa shape index (κ3) is 4.74. The molecule has 1 aliphatic heterocycles. The molecule has 0 aromatic carbocycles. The number of amides is 3. The number of hydrogen-bond acceptors (Lipinski definition) is 8. The lowest BCUT2D eigenvalue weighted by molar-refractivity contribution is -0.163. The van der Waals surface area contributed by atoms with Gasteiger partial charge in [-0.3, -0.25) is 19.2 Å². The number of nitrogens with zero attached hydrogens (tertiary/aromatic N) is 1. The molecule has 3 amide bonds. The normalized spacial score (nSPS) is 15.1. The predicted octanol–water partition coefficient (Wildman–Crippen LogP) is -0.0242. The highest BCUT2D eigenvalue weighted by Gasteiger charge is 2.51. The van der Waals surface area contributed by atoms with Crippen molar-refractivity contribution in [1.82, 2.24) is 10.2 Å². The fourth-order valence-corrected chi connectivity index (χ4v) is 3.26. The molecule has 1 aliphatic rings. The van der Waals surface area contributed by atoms with Crippen molar-refractivity contribution in [2.75, 3.05) is 12.4 Å². The van der Waals surface area contributed by atoms with Crippen molar-refractivity contribution < 1.29 is 33.8 Å². The first-order valence-electron chi connectivity index (χ1n) is 7.65. The number of esters is 1. The minimum absolute atomic E-state index is 0.00466. The maximum atomic E-state index is 12.3. The number of imide groups is 1. The number of likely N-dealkylation sites (tertiary alicyclic amines) is 1. The van der Waals surface area contributed by atoms with Gasteiger partial charge in [-0.25, -0.2) is 9.69 Å². The first kappa shape index (κ1) is 20.6. The Kier molecular flexibility index (Phi) is 6.75. The molecule has 9 nitrogen and oxygen atoms in total. The maximum Gasteiger partial charge on any atom is 0.353 e. The van der Waals surface area contributed by atoms with Crippen LogP contribution >= 0.6 is 24.0 Å². The molecule has 0 bridgehead atoms. The number of carbonyl (C=O) groups is 5. The van der Waals surface area contributed by atoms with Crippen molar-refractivity contribution in [2.24, 2.45) is 0 Å². The van der Waals surface area contributed by atoms with E-state index in [1.54, 1.807) is 17.5 Å². The number of hydrogen-bond donors (Lipinski definition) is 3. The summed E-state index contributed by atoms with van der Waals surface area (Å²) < 4.78 is 4.74. The van der Waals surface area contributed by atoms with Gasteiger partial charge >= 0.3 is 11.9 Å². The Morgan fingerprint density at radius 1 is 1.33 bits per heavy atom. The van der Waals surface area contributed by atoms with Gasteiger partial charge in [-0.05, 0) is 11.4 Å². The van der Waals surface area contributed by atoms with Gasteiger partial charge in [0.15, 0.2) is 6.04 Å². The highest BCUT2D eigenvalue weighted by atomic mass is 32.1. The predicted molar refractivity (Wildman–Crippen MR) is 97.0 cm³/mol. The molecule has 1 fully saturated rings. The monoisotopic (exact) mass is 412 g/mol. The lowest BCUT2D eigenvalue weighted by Gasteiger charge is -2.36. The van der Waals surface area contributed by atoms with Crippen LogP contribution in [0, 0.1) is 0 Å². The molecule has 0 spiro atoms. The summed E-state index contributed by atoms with van der Waals surface area (Å²) in [5.74, 6) is -4.63. The summed E-state index contributed by atoms with van der Waals surface area (Å²) in [5.41, 5.74) is -0.642. The molecule has 11 heteroatoms. The van der Waals surface area contributed by atoms with E-state index in [9.17, 15) is 29.1 Å². The topological polar surface area (TPSA) is 130 Å². The molecule has 1 aromatic rings. The second-order valence-corrected chi connectivity index (χ2v) is 6.81. The third-order valence-electron chi connectivity index (χ3n) is 3.56. The van der Waals surface area contributed by atoms with Crippen LogP contribution < -0.4 is 5.32 Å². The smallest absolute Gasteiger partial charge is 0.353 e. The van der Waals surface area contributed by atoms with Gasteiger partial charge in [0.05, 0.1) is 6.42 Å². The number of nitrogens with one attached hydrogen (secondary N) is 1. The summed E-state index contributed by atoms with van der Waals surface area (Å²) in [4.78, 5) is 60.2. The van der Waals surface area contributed by atoms with Gasteiger partial charge in [-0.2, -0.15) is 12.6 Å². The molecule has 144 valence electrons. The molecule has 1 saturated heterocycles. The van der Waals surface area contributed by atoms with E-state index in [0.717, 1.165) is 11.8 Å². The zero-order valence-electron chi connectivity index (χ0n) is 14.1. The van der Waals surface area contributed by atoms with Crippen LogP contribution in [0.25, 0.3) is 0 Å². The first-order valence-corrected chi connectivity index (χ1v) is 9.16. The average molecular weight is 412 g/mol. The Morgan fingerprint density at radius 2 is 2.00 bits per heavy atom. The summed E-state index contributed by atoms with van der Waals surface area (Å²) in [6, 6.07) is 2.06. The lowest BCUT2D eigenvalue weighted by atomic mass is 10.0. The fourth-order valence-electron chi connectivity index (χ4n) is 2.32. The first-order chi connectivity index (χ1) is 12.8. The number of thiol groups is 1. The Bertz CT molecular complexity index is 801. The second kappa shape index (κ2) is 8.82. The Hall–Kier alpha value is -2.66. The molecule has 0 aliphatic carbocycles. The summed E-state index contributed by atoms with van der Waals surface area (Å²) in [7, 11) is 0. The van der Waals surface area contributed by atoms with Crippen molar-refractivity contribution in [2.45, 2.75) is 19.4 Å². The Morgan fingerprint density at radius 3 is 2.48 bits per heavy atom. The van der Waals surface area contributed by atoms with Crippen LogP contribution in [0.15, 0.2) is 28.8 Å². The molecule has 0 atom stereocenters. The maximum absolute atomic E-state index is 12.3. The number of carboxylic acid groups (broad SMARTS) is 1. The lowest BCUT2D eigenvalue weighted by Crippen LogP contribution is -2.68. The number of β-lactam (4-membered cyclic amide) rings is 2. The largest absolute Gasteiger partial charge is 0.477 e. The van der Waals surface area contributed by atoms with Crippen LogP contribution in [0.1, 0.15) is 11.8 Å². The average Bonchev–Trinajstić information content (AvgIpc) is 3.11. The van der Waals surface area contributed by atoms with E-state index in [1.807, 2.05) is 0 Å². The number of aliphatic carboxylic acids is 1. The molecule has 27 heavy (non-hydrogen) atoms. The van der Waals surface area contributed by atoms with Crippen molar-refractivity contribution >= 4 is 53.6 Å². The van der Waals surface area contributed by atoms with Gasteiger partial charge in [0.1, 0.15) is 12.3 Å². The van der Waals surface area contributed by atoms with Crippen LogP contribution in [-0.2, 0) is 35.1 Å². The minimum Gasteiger partial charge on any atom is -0.477 e. The van der Waals surface area contributed by atoms with E-state index >= 15 is 0 Å². The van der Waals surface area contributed by atoms with Crippen LogP contribution in [0.2, 0.25) is 0 Å². The zero-order chi connectivity index (χ0) is 20.1. The van der Waals surface area contributed by atoms with Gasteiger partial charge in [-0.1, -0.05) is 6.07 Å². The van der Waals surface area contributed by atoms with Gasteiger partial charge in [-0.15, -0.1) is 11.3 Å². The van der Waals surface area contributed by atoms with Gasteiger partial charge in [0.25, 0.3) is 11.8 Å². The zero-order valence-corrected chi connectivity index (χ0v) is 15.8. The van der Waals surface area contributed by atoms with Gasteiger partial charge in [0.2, 0.25) is 5.91 Å². The summed E-state index contributed by atoms with van der Waals surface area (Å²) >= 11 is 5.32. The second-order valence-electron chi connectivity index (χ2n) is 5.46. The van der Waals surface area contributed by atoms with Crippen molar-refractivity contribution in [3.8, 4) is 0 Å². The molecular weight excluding hydrogens is 396 g/mol. The highest BCUT2D eigenvalue weighted by Crippen LogP contribution is 2.23. The molecule has 2 rings (SSSR count). The standard InChI is InChI=1S/C16H16N2O7S2/c1-8(19)25-6-9(7-26)13(16(23)24)18-14(21)12(15(18)22)17-11(20)5-10-3-2-4-27-10/h2-4,12,26H,5-7H2,1H3,(H,17,20)(H,23,24). The Balaban J connectivity index is 2.12. The number of thiophene rings is 1. The van der Waals surface area contributed by atoms with E-state index in [1.165, 1.54) is 11.3 Å². The molecule has 1 aromatic heterocycles. The molecule has 2 heterocycles. The number of rotatable bonds is 8. The van der Waals surface area contributed by atoms with E-state index < -0.39 is 48.0 Å². The van der Waals surface area contributed by atoms with Gasteiger partial charge in [0, 0.05) is 23.1 Å². The molecule has 0 radical (unpaired) electrons. The molecular formula is C16H16N2O7S2. The van der Waals surface area contributed by atoms with Gasteiger partial charge < -0.3 is 15.2 Å². The quantitative estimate of drug-likeness (QED) is 0.180. The van der Waals surface area contributed by atoms with Crippen LogP contribution in [-0.4, -0.2) is 58.1 Å². The summed E-state index contributed by atoms with van der Waals surface area (Å²) in [5, 5.41) is 13.5. The van der Waals surface area contributed by atoms with Crippen LogP contribution in [0.4, 0.5) is 0 Å². The molecule has 0 saturated carbocycles. The Labute approximate surface area is 163 Å². The third-order valence-corrected chi connectivity index (χ3v) is 4.81. The van der Waals surface area contributed by atoms with E-state index in [0.29, 0.717) is 4.90 Å². The van der Waals surface area contributed by atoms with E-state index in [2.05, 4.69) is 17.9 Å². The summed E-state index contributed by atoms with van der Waals surface area (Å²) in [6.45, 7) is 0.711. The van der Waals surface area contributed by atoms with E-state index in [-0.39, 0.29) is 17.7 Å². The highest BCUT2D eigenvalue weighted by molar-refractivity contribution is 7.80. The van der Waals surface area contributed by atoms with Crippen molar-refractivity contribution in [1.29, 1.82) is 0 Å². The molecule has 2 N–H and O–H groups in total. The SMILES string of the molecule is CC(=O)OCC(CS)=C(C(=O)O)N1C(=O)C(NC(=O)Cc2cccs2)C1=O. The van der Waals surface area contributed by atoms with Crippen LogP contribution in [0.3, 0.4) is 0 Å². The number of carbonyl (C=O) groups excluding carboxylic acids is 4. The number of carboxylic acids is 1. The van der Waals surface area contributed by atoms with Crippen LogP contribution in [0.5, 0.6) is 0 Å². The van der Waals surface area contributed by atoms with Crippen molar-refractivity contribution in [3.63, 3.8) is 0 Å². The summed E-state index contributed by atoms with van der Waals surface area (Å²) in [6.07, 6.45) is 0.00466. The fraction of sp³-hybridized carbons (Fsp3) is 0.312. The number of ether oxygens (including phenoxy) is 1. The minimum atomic E-state index is -1.55. The van der Waals surface area contributed by atoms with Crippen molar-refractivity contribution in [3.05, 3.63) is 33.7 Å². The molecule has 0 unspecified atom stereocenters. The van der Waals surface area contributed by atoms with E-state index in [4.69, 9.17) is 4.74 Å².